The van der Waals surface area contributed by atoms with Gasteiger partial charge in [-0.1, -0.05) is 35.9 Å². The molecule has 0 atom stereocenters. The summed E-state index contributed by atoms with van der Waals surface area (Å²) in [5.74, 6) is 0.245. The van der Waals surface area contributed by atoms with E-state index >= 15 is 0 Å². The second-order valence-corrected chi connectivity index (χ2v) is 6.72. The molecule has 6 heteroatoms. The first-order valence-electron chi connectivity index (χ1n) is 6.53. The first-order valence-corrected chi connectivity index (χ1v) is 8.34. The Kier molecular flexibility index (Phi) is 5.11. The molecule has 0 aliphatic carbocycles. The topological polar surface area (TPSA) is 46.6 Å². The SMILES string of the molecule is C=CCN(c1ccccc1)S(=O)(=O)c1cc(Cl)ccc1OC. The van der Waals surface area contributed by atoms with Crippen LogP contribution in [-0.2, 0) is 10.0 Å². The van der Waals surface area contributed by atoms with Crippen LogP contribution in [0.1, 0.15) is 0 Å². The highest BCUT2D eigenvalue weighted by Crippen LogP contribution is 2.31. The number of hydrogen-bond acceptors (Lipinski definition) is 3. The minimum Gasteiger partial charge on any atom is -0.495 e. The largest absolute Gasteiger partial charge is 0.495 e. The molecule has 22 heavy (non-hydrogen) atoms. The number of ether oxygens (including phenoxy) is 1. The van der Waals surface area contributed by atoms with Crippen LogP contribution >= 0.6 is 11.6 Å². The first-order chi connectivity index (χ1) is 10.5. The third-order valence-corrected chi connectivity index (χ3v) is 5.08. The van der Waals surface area contributed by atoms with Crippen molar-refractivity contribution in [2.45, 2.75) is 4.90 Å². The minimum atomic E-state index is -3.83. The highest BCUT2D eigenvalue weighted by atomic mass is 35.5. The molecule has 0 aromatic heterocycles. The van der Waals surface area contributed by atoms with E-state index in [1.807, 2.05) is 6.07 Å². The average Bonchev–Trinajstić information content (AvgIpc) is 2.53. The Labute approximate surface area is 135 Å². The van der Waals surface area contributed by atoms with Crippen molar-refractivity contribution in [1.82, 2.24) is 0 Å². The molecule has 0 amide bonds. The Morgan fingerprint density at radius 1 is 1.23 bits per heavy atom. The predicted octanol–water partition coefficient (Wildman–Crippen LogP) is 3.73. The van der Waals surface area contributed by atoms with E-state index in [1.54, 1.807) is 30.3 Å². The van der Waals surface area contributed by atoms with E-state index in [4.69, 9.17) is 16.3 Å². The maximum Gasteiger partial charge on any atom is 0.268 e. The van der Waals surface area contributed by atoms with E-state index in [9.17, 15) is 8.42 Å². The molecule has 0 unspecified atom stereocenters. The van der Waals surface area contributed by atoms with Crippen molar-refractivity contribution in [2.24, 2.45) is 0 Å². The summed E-state index contributed by atoms with van der Waals surface area (Å²) in [6.45, 7) is 3.77. The lowest BCUT2D eigenvalue weighted by molar-refractivity contribution is 0.402. The van der Waals surface area contributed by atoms with E-state index in [0.29, 0.717) is 10.7 Å². The Hall–Kier alpha value is -1.98. The predicted molar refractivity (Wildman–Crippen MR) is 89.2 cm³/mol. The molecular weight excluding hydrogens is 322 g/mol. The Bertz CT molecular complexity index is 760. The highest BCUT2D eigenvalue weighted by molar-refractivity contribution is 7.93. The molecule has 2 aromatic rings. The lowest BCUT2D eigenvalue weighted by Gasteiger charge is -2.24. The molecule has 0 aliphatic heterocycles. The van der Waals surface area contributed by atoms with Gasteiger partial charge in [0.1, 0.15) is 10.6 Å². The van der Waals surface area contributed by atoms with Crippen LogP contribution in [0, 0.1) is 0 Å². The van der Waals surface area contributed by atoms with Gasteiger partial charge in [0.25, 0.3) is 10.0 Å². The quantitative estimate of drug-likeness (QED) is 0.754. The van der Waals surface area contributed by atoms with Crippen molar-refractivity contribution < 1.29 is 13.2 Å². The molecule has 0 heterocycles. The van der Waals surface area contributed by atoms with Gasteiger partial charge >= 0.3 is 0 Å². The van der Waals surface area contributed by atoms with Crippen molar-refractivity contribution >= 4 is 27.3 Å². The van der Waals surface area contributed by atoms with Crippen molar-refractivity contribution in [3.8, 4) is 5.75 Å². The van der Waals surface area contributed by atoms with Gasteiger partial charge in [0.15, 0.2) is 0 Å². The van der Waals surface area contributed by atoms with Crippen LogP contribution in [0.4, 0.5) is 5.69 Å². The Balaban J connectivity index is 2.60. The van der Waals surface area contributed by atoms with Crippen LogP contribution in [0.5, 0.6) is 5.75 Å². The minimum absolute atomic E-state index is 0.0215. The first kappa shape index (κ1) is 16.4. The normalized spacial score (nSPS) is 11.0. The van der Waals surface area contributed by atoms with Crippen LogP contribution < -0.4 is 9.04 Å². The molecule has 0 saturated carbocycles. The fourth-order valence-corrected chi connectivity index (χ4v) is 3.88. The summed E-state index contributed by atoms with van der Waals surface area (Å²) in [7, 11) is -2.41. The number of sulfonamides is 1. The molecular formula is C16H16ClNO3S. The summed E-state index contributed by atoms with van der Waals surface area (Å²) in [4.78, 5) is 0.0215. The van der Waals surface area contributed by atoms with E-state index in [-0.39, 0.29) is 17.2 Å². The second-order valence-electron chi connectivity index (χ2n) is 4.46. The van der Waals surface area contributed by atoms with Crippen molar-refractivity contribution in [2.75, 3.05) is 18.0 Å². The summed E-state index contributed by atoms with van der Waals surface area (Å²) in [6, 6.07) is 13.3. The van der Waals surface area contributed by atoms with Crippen molar-refractivity contribution in [3.05, 3.63) is 66.2 Å². The van der Waals surface area contributed by atoms with Gasteiger partial charge in [0, 0.05) is 5.02 Å². The molecule has 0 bridgehead atoms. The van der Waals surface area contributed by atoms with Gasteiger partial charge in [-0.3, -0.25) is 4.31 Å². The molecule has 0 spiro atoms. The average molecular weight is 338 g/mol. The summed E-state index contributed by atoms with van der Waals surface area (Å²) >= 11 is 5.95. The maximum absolute atomic E-state index is 13.0. The van der Waals surface area contributed by atoms with Gasteiger partial charge < -0.3 is 4.74 Å². The number of para-hydroxylation sites is 1. The lowest BCUT2D eigenvalue weighted by atomic mass is 10.3. The Morgan fingerprint density at radius 2 is 1.91 bits per heavy atom. The van der Waals surface area contributed by atoms with Gasteiger partial charge in [-0.25, -0.2) is 8.42 Å². The standard InChI is InChI=1S/C16H16ClNO3S/c1-3-11-18(14-7-5-4-6-8-14)22(19,20)16-12-13(17)9-10-15(16)21-2/h3-10,12H,1,11H2,2H3. The van der Waals surface area contributed by atoms with Crippen LogP contribution in [0.15, 0.2) is 66.1 Å². The molecule has 4 nitrogen and oxygen atoms in total. The Morgan fingerprint density at radius 3 is 2.50 bits per heavy atom. The third-order valence-electron chi connectivity index (χ3n) is 3.03. The molecule has 116 valence electrons. The monoisotopic (exact) mass is 337 g/mol. The fraction of sp³-hybridized carbons (Fsp3) is 0.125. The molecule has 2 rings (SSSR count). The summed E-state index contributed by atoms with van der Waals surface area (Å²) < 4.78 is 32.4. The van der Waals surface area contributed by atoms with Crippen LogP contribution in [0.3, 0.4) is 0 Å². The number of nitrogens with zero attached hydrogens (tertiary/aromatic N) is 1. The van der Waals surface area contributed by atoms with Gasteiger partial charge in [0.2, 0.25) is 0 Å². The van der Waals surface area contributed by atoms with Crippen LogP contribution in [0.2, 0.25) is 5.02 Å². The zero-order valence-electron chi connectivity index (χ0n) is 12.1. The van der Waals surface area contributed by atoms with Crippen LogP contribution in [0.25, 0.3) is 0 Å². The molecule has 0 N–H and O–H groups in total. The van der Waals surface area contributed by atoms with Crippen molar-refractivity contribution in [3.63, 3.8) is 0 Å². The molecule has 2 aromatic carbocycles. The maximum atomic E-state index is 13.0. The molecule has 0 fully saturated rings. The number of benzene rings is 2. The lowest BCUT2D eigenvalue weighted by Crippen LogP contribution is -2.31. The van der Waals surface area contributed by atoms with Crippen LogP contribution in [-0.4, -0.2) is 22.1 Å². The zero-order chi connectivity index (χ0) is 16.2. The van der Waals surface area contributed by atoms with Gasteiger partial charge in [-0.15, -0.1) is 6.58 Å². The third kappa shape index (κ3) is 3.26. The van der Waals surface area contributed by atoms with Gasteiger partial charge in [-0.2, -0.15) is 0 Å². The fourth-order valence-electron chi connectivity index (χ4n) is 2.02. The number of methoxy groups -OCH3 is 1. The summed E-state index contributed by atoms with van der Waals surface area (Å²) in [5, 5.41) is 0.325. The zero-order valence-corrected chi connectivity index (χ0v) is 13.6. The van der Waals surface area contributed by atoms with Crippen molar-refractivity contribution in [1.29, 1.82) is 0 Å². The van der Waals surface area contributed by atoms with E-state index < -0.39 is 10.0 Å². The van der Waals surface area contributed by atoms with E-state index in [0.717, 1.165) is 0 Å². The number of hydrogen-bond donors (Lipinski definition) is 0. The second kappa shape index (κ2) is 6.85. The highest BCUT2D eigenvalue weighted by Gasteiger charge is 2.27. The number of halogens is 1. The molecule has 0 aliphatic rings. The summed E-state index contributed by atoms with van der Waals surface area (Å²) in [6.07, 6.45) is 1.53. The molecule has 0 radical (unpaired) electrons. The molecule has 0 saturated heterocycles. The summed E-state index contributed by atoms with van der Waals surface area (Å²) in [5.41, 5.74) is 0.546. The number of rotatable bonds is 6. The number of anilines is 1. The van der Waals surface area contributed by atoms with E-state index in [1.165, 1.54) is 29.6 Å². The smallest absolute Gasteiger partial charge is 0.268 e. The van der Waals surface area contributed by atoms with Gasteiger partial charge in [0.05, 0.1) is 19.3 Å². The van der Waals surface area contributed by atoms with Gasteiger partial charge in [-0.05, 0) is 30.3 Å². The van der Waals surface area contributed by atoms with E-state index in [2.05, 4.69) is 6.58 Å².